The number of benzene rings is 3. The summed E-state index contributed by atoms with van der Waals surface area (Å²) in [5, 5.41) is 3.59. The molecule has 4 rings (SSSR count). The molecule has 0 saturated carbocycles. The topological polar surface area (TPSA) is 49.4 Å². The number of hydrogen-bond acceptors (Lipinski definition) is 2. The summed E-state index contributed by atoms with van der Waals surface area (Å²) in [6, 6.07) is 23.3. The predicted octanol–water partition coefficient (Wildman–Crippen LogP) is 5.81. The van der Waals surface area contributed by atoms with E-state index in [1.165, 1.54) is 0 Å². The lowest BCUT2D eigenvalue weighted by molar-refractivity contribution is -0.121. The molecule has 1 N–H and O–H groups in total. The summed E-state index contributed by atoms with van der Waals surface area (Å²) in [6.07, 6.45) is 1.30. The lowest BCUT2D eigenvalue weighted by Crippen LogP contribution is -2.41. The average Bonchev–Trinajstić information content (AvgIpc) is 2.82. The Kier molecular flexibility index (Phi) is 6.38. The molecule has 4 nitrogen and oxygen atoms in total. The molecule has 1 heterocycles. The van der Waals surface area contributed by atoms with Crippen LogP contribution in [-0.4, -0.2) is 29.8 Å². The Hall–Kier alpha value is -3.11. The zero-order chi connectivity index (χ0) is 21.8. The van der Waals surface area contributed by atoms with Gasteiger partial charge in [-0.25, -0.2) is 0 Å². The van der Waals surface area contributed by atoms with Gasteiger partial charge in [-0.05, 0) is 60.7 Å². The molecule has 31 heavy (non-hydrogen) atoms. The van der Waals surface area contributed by atoms with Crippen LogP contribution in [0, 0.1) is 12.8 Å². The number of piperidine rings is 1. The summed E-state index contributed by atoms with van der Waals surface area (Å²) in [7, 11) is 0. The van der Waals surface area contributed by atoms with Crippen molar-refractivity contribution in [2.45, 2.75) is 19.8 Å². The Morgan fingerprint density at radius 1 is 0.903 bits per heavy atom. The standard InChI is InChI=1S/C26H25ClN2O2/c1-18-7-12-23(27)17-24(18)28-25(30)21-13-15-29(16-14-21)26(31)22-10-8-20(9-11-22)19-5-3-2-4-6-19/h2-12,17,21H,13-16H2,1H3,(H,28,30). The van der Waals surface area contributed by atoms with Crippen molar-refractivity contribution < 1.29 is 9.59 Å². The average molecular weight is 433 g/mol. The molecule has 158 valence electrons. The van der Waals surface area contributed by atoms with E-state index >= 15 is 0 Å². The second kappa shape index (κ2) is 9.36. The first-order valence-corrected chi connectivity index (χ1v) is 10.9. The smallest absolute Gasteiger partial charge is 0.253 e. The summed E-state index contributed by atoms with van der Waals surface area (Å²) in [6.45, 7) is 3.09. The van der Waals surface area contributed by atoms with E-state index in [4.69, 9.17) is 11.6 Å². The molecule has 0 aliphatic carbocycles. The lowest BCUT2D eigenvalue weighted by Gasteiger charge is -2.31. The van der Waals surface area contributed by atoms with Crippen molar-refractivity contribution in [1.29, 1.82) is 0 Å². The van der Waals surface area contributed by atoms with E-state index in [-0.39, 0.29) is 17.7 Å². The number of amides is 2. The highest BCUT2D eigenvalue weighted by atomic mass is 35.5. The molecule has 1 fully saturated rings. The minimum atomic E-state index is -0.108. The van der Waals surface area contributed by atoms with Gasteiger partial charge >= 0.3 is 0 Å². The van der Waals surface area contributed by atoms with Crippen LogP contribution in [0.1, 0.15) is 28.8 Å². The van der Waals surface area contributed by atoms with E-state index < -0.39 is 0 Å². The monoisotopic (exact) mass is 432 g/mol. The Morgan fingerprint density at radius 2 is 1.55 bits per heavy atom. The summed E-state index contributed by atoms with van der Waals surface area (Å²) >= 11 is 6.05. The van der Waals surface area contributed by atoms with Crippen LogP contribution in [0.25, 0.3) is 11.1 Å². The van der Waals surface area contributed by atoms with E-state index in [1.54, 1.807) is 6.07 Å². The molecule has 3 aromatic carbocycles. The van der Waals surface area contributed by atoms with Crippen LogP contribution in [0.2, 0.25) is 5.02 Å². The number of aryl methyl sites for hydroxylation is 1. The first kappa shape index (κ1) is 21.1. The molecule has 3 aromatic rings. The van der Waals surface area contributed by atoms with Gasteiger partial charge in [0, 0.05) is 35.3 Å². The van der Waals surface area contributed by atoms with Crippen molar-refractivity contribution in [3.8, 4) is 11.1 Å². The van der Waals surface area contributed by atoms with Crippen molar-refractivity contribution in [3.63, 3.8) is 0 Å². The lowest BCUT2D eigenvalue weighted by atomic mass is 9.95. The zero-order valence-corrected chi connectivity index (χ0v) is 18.2. The maximum Gasteiger partial charge on any atom is 0.253 e. The van der Waals surface area contributed by atoms with Crippen LogP contribution >= 0.6 is 11.6 Å². The second-order valence-corrected chi connectivity index (χ2v) is 8.39. The molecule has 0 radical (unpaired) electrons. The fourth-order valence-corrected chi connectivity index (χ4v) is 4.10. The quantitative estimate of drug-likeness (QED) is 0.565. The fourth-order valence-electron chi connectivity index (χ4n) is 3.93. The summed E-state index contributed by atoms with van der Waals surface area (Å²) < 4.78 is 0. The van der Waals surface area contributed by atoms with Crippen LogP contribution in [-0.2, 0) is 4.79 Å². The molecule has 0 bridgehead atoms. The van der Waals surface area contributed by atoms with Crippen molar-refractivity contribution >= 4 is 29.1 Å². The number of likely N-dealkylation sites (tertiary alicyclic amines) is 1. The molecule has 0 atom stereocenters. The predicted molar refractivity (Wildman–Crippen MR) is 125 cm³/mol. The van der Waals surface area contributed by atoms with Crippen molar-refractivity contribution in [1.82, 2.24) is 4.90 Å². The van der Waals surface area contributed by atoms with E-state index in [9.17, 15) is 9.59 Å². The molecular weight excluding hydrogens is 408 g/mol. The third-order valence-corrected chi connectivity index (χ3v) is 6.08. The number of rotatable bonds is 4. The molecule has 1 aliphatic rings. The molecule has 1 saturated heterocycles. The maximum atomic E-state index is 12.9. The Morgan fingerprint density at radius 3 is 2.23 bits per heavy atom. The highest BCUT2D eigenvalue weighted by Gasteiger charge is 2.28. The fraction of sp³-hybridized carbons (Fsp3) is 0.231. The van der Waals surface area contributed by atoms with E-state index in [0.717, 1.165) is 22.4 Å². The van der Waals surface area contributed by atoms with Crippen LogP contribution < -0.4 is 5.32 Å². The number of nitrogens with one attached hydrogen (secondary N) is 1. The number of hydrogen-bond donors (Lipinski definition) is 1. The minimum absolute atomic E-state index is 0.00956. The normalized spacial score (nSPS) is 14.3. The van der Waals surface area contributed by atoms with E-state index in [2.05, 4.69) is 17.4 Å². The molecule has 0 aromatic heterocycles. The van der Waals surface area contributed by atoms with E-state index in [0.29, 0.717) is 36.5 Å². The van der Waals surface area contributed by atoms with Gasteiger partial charge in [0.15, 0.2) is 0 Å². The number of halogens is 1. The van der Waals surface area contributed by atoms with Crippen molar-refractivity contribution in [2.24, 2.45) is 5.92 Å². The number of carbonyl (C=O) groups is 2. The molecule has 2 amide bonds. The molecular formula is C26H25ClN2O2. The SMILES string of the molecule is Cc1ccc(Cl)cc1NC(=O)C1CCN(C(=O)c2ccc(-c3ccccc3)cc2)CC1. The van der Waals surface area contributed by atoms with Gasteiger partial charge < -0.3 is 10.2 Å². The molecule has 0 spiro atoms. The first-order chi connectivity index (χ1) is 15.0. The van der Waals surface area contributed by atoms with Crippen molar-refractivity contribution in [2.75, 3.05) is 18.4 Å². The zero-order valence-electron chi connectivity index (χ0n) is 17.5. The van der Waals surface area contributed by atoms with Crippen LogP contribution in [0.15, 0.2) is 72.8 Å². The first-order valence-electron chi connectivity index (χ1n) is 10.5. The number of nitrogens with zero attached hydrogens (tertiary/aromatic N) is 1. The van der Waals surface area contributed by atoms with Gasteiger partial charge in [-0.3, -0.25) is 9.59 Å². The van der Waals surface area contributed by atoms with Gasteiger partial charge in [0.05, 0.1) is 0 Å². The third kappa shape index (κ3) is 4.97. The van der Waals surface area contributed by atoms with Crippen LogP contribution in [0.3, 0.4) is 0 Å². The molecule has 5 heteroatoms. The largest absolute Gasteiger partial charge is 0.339 e. The highest BCUT2D eigenvalue weighted by molar-refractivity contribution is 6.31. The van der Waals surface area contributed by atoms with E-state index in [1.807, 2.05) is 66.4 Å². The van der Waals surface area contributed by atoms with Gasteiger partial charge in [-0.1, -0.05) is 60.1 Å². The van der Waals surface area contributed by atoms with Gasteiger partial charge in [0.25, 0.3) is 5.91 Å². The molecule has 0 unspecified atom stereocenters. The van der Waals surface area contributed by atoms with Gasteiger partial charge in [-0.15, -0.1) is 0 Å². The van der Waals surface area contributed by atoms with Crippen molar-refractivity contribution in [3.05, 3.63) is 88.9 Å². The Bertz CT molecular complexity index is 1070. The summed E-state index contributed by atoms with van der Waals surface area (Å²) in [4.78, 5) is 27.4. The second-order valence-electron chi connectivity index (χ2n) is 7.96. The van der Waals surface area contributed by atoms with Crippen LogP contribution in [0.4, 0.5) is 5.69 Å². The Balaban J connectivity index is 1.34. The Labute approximate surface area is 187 Å². The summed E-state index contributed by atoms with van der Waals surface area (Å²) in [5.74, 6) is -0.100. The molecule has 1 aliphatic heterocycles. The van der Waals surface area contributed by atoms with Gasteiger partial charge in [-0.2, -0.15) is 0 Å². The number of anilines is 1. The minimum Gasteiger partial charge on any atom is -0.339 e. The highest BCUT2D eigenvalue weighted by Crippen LogP contribution is 2.25. The van der Waals surface area contributed by atoms with Crippen LogP contribution in [0.5, 0.6) is 0 Å². The van der Waals surface area contributed by atoms with Gasteiger partial charge in [0.2, 0.25) is 5.91 Å². The summed E-state index contributed by atoms with van der Waals surface area (Å²) in [5.41, 5.74) is 4.61. The maximum absolute atomic E-state index is 12.9. The third-order valence-electron chi connectivity index (χ3n) is 5.85. The van der Waals surface area contributed by atoms with Gasteiger partial charge in [0.1, 0.15) is 0 Å². The number of carbonyl (C=O) groups excluding carboxylic acids is 2.